The summed E-state index contributed by atoms with van der Waals surface area (Å²) in [7, 11) is 0. The van der Waals surface area contributed by atoms with E-state index in [2.05, 4.69) is 10.3 Å². The van der Waals surface area contributed by atoms with E-state index in [0.29, 0.717) is 4.68 Å². The van der Waals surface area contributed by atoms with Gasteiger partial charge in [-0.2, -0.15) is 4.68 Å². The summed E-state index contributed by atoms with van der Waals surface area (Å²) in [6.45, 7) is 0. The van der Waals surface area contributed by atoms with Gasteiger partial charge in [0.1, 0.15) is 0 Å². The fourth-order valence-electron chi connectivity index (χ4n) is 0.566. The number of aromatic nitrogens is 3. The molecule has 1 heterocycles. The molecule has 0 atom stereocenters. The first-order chi connectivity index (χ1) is 5.13. The fourth-order valence-corrected chi connectivity index (χ4v) is 0.566. The number of hydrogen-bond acceptors (Lipinski definition) is 4. The first-order valence-corrected chi connectivity index (χ1v) is 2.63. The van der Waals surface area contributed by atoms with Crippen LogP contribution in [0.1, 0.15) is 10.5 Å². The molecule has 0 saturated carbocycles. The Hall–Kier alpha value is -1.92. The normalized spacial score (nSPS) is 9.45. The van der Waals surface area contributed by atoms with Gasteiger partial charge < -0.3 is 11.5 Å². The van der Waals surface area contributed by atoms with Crippen molar-refractivity contribution >= 4 is 11.9 Å². The van der Waals surface area contributed by atoms with E-state index >= 15 is 0 Å². The minimum atomic E-state index is -0.892. The molecule has 0 spiro atoms. The minimum absolute atomic E-state index is 0.127. The van der Waals surface area contributed by atoms with E-state index in [9.17, 15) is 9.59 Å². The van der Waals surface area contributed by atoms with Crippen molar-refractivity contribution in [3.8, 4) is 0 Å². The third kappa shape index (κ3) is 1.16. The van der Waals surface area contributed by atoms with Crippen molar-refractivity contribution in [1.82, 2.24) is 15.0 Å². The number of rotatable bonds is 1. The monoisotopic (exact) mass is 155 g/mol. The summed E-state index contributed by atoms with van der Waals surface area (Å²) in [4.78, 5) is 21.0. The first kappa shape index (κ1) is 7.19. The lowest BCUT2D eigenvalue weighted by Crippen LogP contribution is -2.27. The van der Waals surface area contributed by atoms with E-state index in [0.717, 1.165) is 6.20 Å². The van der Waals surface area contributed by atoms with Gasteiger partial charge in [0.2, 0.25) is 0 Å². The summed E-state index contributed by atoms with van der Waals surface area (Å²) in [5.74, 6) is -0.797. The highest BCUT2D eigenvalue weighted by molar-refractivity contribution is 5.94. The van der Waals surface area contributed by atoms with Crippen LogP contribution in [0, 0.1) is 0 Å². The van der Waals surface area contributed by atoms with Crippen molar-refractivity contribution in [2.45, 2.75) is 0 Å². The van der Waals surface area contributed by atoms with Crippen LogP contribution in [-0.4, -0.2) is 26.9 Å². The van der Waals surface area contributed by atoms with Crippen LogP contribution >= 0.6 is 0 Å². The standard InChI is InChI=1S/C4H5N5O2/c5-3(10)2-1-7-8-9(2)4(6)11/h1H,(H2,5,10)(H2,6,11). The van der Waals surface area contributed by atoms with E-state index in [-0.39, 0.29) is 5.69 Å². The number of nitrogens with two attached hydrogens (primary N) is 2. The number of carbonyl (C=O) groups is 2. The van der Waals surface area contributed by atoms with Crippen molar-refractivity contribution in [1.29, 1.82) is 0 Å². The van der Waals surface area contributed by atoms with Crippen LogP contribution in [0.5, 0.6) is 0 Å². The fraction of sp³-hybridized carbons (Fsp3) is 0. The van der Waals surface area contributed by atoms with Gasteiger partial charge in [0, 0.05) is 0 Å². The molecule has 58 valence electrons. The van der Waals surface area contributed by atoms with E-state index < -0.39 is 11.9 Å². The van der Waals surface area contributed by atoms with Gasteiger partial charge in [-0.15, -0.1) is 5.10 Å². The molecule has 0 aliphatic carbocycles. The third-order valence-electron chi connectivity index (χ3n) is 1.01. The Morgan fingerprint density at radius 2 is 2.09 bits per heavy atom. The van der Waals surface area contributed by atoms with Crippen LogP contribution in [-0.2, 0) is 0 Å². The van der Waals surface area contributed by atoms with Crippen molar-refractivity contribution < 1.29 is 9.59 Å². The zero-order chi connectivity index (χ0) is 8.43. The third-order valence-corrected chi connectivity index (χ3v) is 1.01. The molecule has 4 N–H and O–H groups in total. The largest absolute Gasteiger partial charge is 0.364 e. The zero-order valence-corrected chi connectivity index (χ0v) is 5.39. The highest BCUT2D eigenvalue weighted by Crippen LogP contribution is 1.91. The summed E-state index contributed by atoms with van der Waals surface area (Å²) in [6, 6.07) is -0.892. The molecule has 2 amide bonds. The summed E-state index contributed by atoms with van der Waals surface area (Å²) in [5, 5.41) is 6.50. The Morgan fingerprint density at radius 1 is 1.45 bits per heavy atom. The van der Waals surface area contributed by atoms with Gasteiger partial charge in [-0.1, -0.05) is 5.21 Å². The number of hydrogen-bond donors (Lipinski definition) is 2. The molecule has 11 heavy (non-hydrogen) atoms. The second-order valence-electron chi connectivity index (χ2n) is 1.73. The Kier molecular flexibility index (Phi) is 1.55. The lowest BCUT2D eigenvalue weighted by Gasteiger charge is -1.94. The number of nitrogens with zero attached hydrogens (tertiary/aromatic N) is 3. The summed E-state index contributed by atoms with van der Waals surface area (Å²) >= 11 is 0. The zero-order valence-electron chi connectivity index (χ0n) is 5.39. The molecule has 7 nitrogen and oxygen atoms in total. The summed E-state index contributed by atoms with van der Waals surface area (Å²) < 4.78 is 0.627. The lowest BCUT2D eigenvalue weighted by molar-refractivity contribution is 0.0991. The van der Waals surface area contributed by atoms with Crippen molar-refractivity contribution in [3.63, 3.8) is 0 Å². The van der Waals surface area contributed by atoms with Crippen LogP contribution in [0.4, 0.5) is 4.79 Å². The second kappa shape index (κ2) is 2.37. The quantitative estimate of drug-likeness (QED) is 0.502. The Balaban J connectivity index is 3.16. The molecule has 0 aromatic carbocycles. The first-order valence-electron chi connectivity index (χ1n) is 2.63. The number of carbonyl (C=O) groups excluding carboxylic acids is 2. The van der Waals surface area contributed by atoms with Gasteiger partial charge in [-0.25, -0.2) is 4.79 Å². The molecule has 0 aliphatic rings. The maximum absolute atomic E-state index is 10.5. The molecule has 0 aliphatic heterocycles. The Morgan fingerprint density at radius 3 is 2.45 bits per heavy atom. The lowest BCUT2D eigenvalue weighted by atomic mass is 10.4. The van der Waals surface area contributed by atoms with Gasteiger partial charge in [-0.05, 0) is 0 Å². The minimum Gasteiger partial charge on any atom is -0.364 e. The summed E-state index contributed by atoms with van der Waals surface area (Å²) in [6.07, 6.45) is 1.06. The van der Waals surface area contributed by atoms with Crippen LogP contribution in [0.15, 0.2) is 6.20 Å². The van der Waals surface area contributed by atoms with E-state index in [1.165, 1.54) is 0 Å². The number of amides is 2. The van der Waals surface area contributed by atoms with E-state index in [1.54, 1.807) is 0 Å². The van der Waals surface area contributed by atoms with Crippen molar-refractivity contribution in [3.05, 3.63) is 11.9 Å². The molecule has 0 bridgehead atoms. The van der Waals surface area contributed by atoms with Gasteiger partial charge in [-0.3, -0.25) is 4.79 Å². The molecular formula is C4H5N5O2. The predicted molar refractivity (Wildman–Crippen MR) is 33.5 cm³/mol. The van der Waals surface area contributed by atoms with Gasteiger partial charge >= 0.3 is 6.03 Å². The van der Waals surface area contributed by atoms with Crippen molar-refractivity contribution in [2.75, 3.05) is 0 Å². The molecule has 7 heteroatoms. The molecule has 1 aromatic rings. The topological polar surface area (TPSA) is 117 Å². The predicted octanol–water partition coefficient (Wildman–Crippen LogP) is -1.70. The average molecular weight is 155 g/mol. The molecule has 1 rings (SSSR count). The van der Waals surface area contributed by atoms with Crippen LogP contribution < -0.4 is 11.5 Å². The van der Waals surface area contributed by atoms with Crippen LogP contribution in [0.25, 0.3) is 0 Å². The average Bonchev–Trinajstić information content (AvgIpc) is 2.32. The molecule has 0 saturated heterocycles. The van der Waals surface area contributed by atoms with E-state index in [4.69, 9.17) is 11.5 Å². The van der Waals surface area contributed by atoms with Gasteiger partial charge in [0.05, 0.1) is 6.20 Å². The smallest absolute Gasteiger partial charge is 0.341 e. The van der Waals surface area contributed by atoms with Crippen LogP contribution in [0.3, 0.4) is 0 Å². The Labute approximate surface area is 61.0 Å². The highest BCUT2D eigenvalue weighted by atomic mass is 16.2. The SMILES string of the molecule is NC(=O)c1cnnn1C(N)=O. The number of primary amides is 2. The maximum Gasteiger partial charge on any atom is 0.341 e. The summed E-state index contributed by atoms with van der Waals surface area (Å²) in [5.41, 5.74) is 9.53. The van der Waals surface area contributed by atoms with E-state index in [1.807, 2.05) is 0 Å². The van der Waals surface area contributed by atoms with Gasteiger partial charge in [0.25, 0.3) is 5.91 Å². The second-order valence-corrected chi connectivity index (χ2v) is 1.73. The molecule has 1 aromatic heterocycles. The highest BCUT2D eigenvalue weighted by Gasteiger charge is 2.12. The molecular weight excluding hydrogens is 150 g/mol. The molecule has 0 unspecified atom stereocenters. The molecule has 0 fully saturated rings. The van der Waals surface area contributed by atoms with Crippen molar-refractivity contribution in [2.24, 2.45) is 11.5 Å². The molecule has 0 radical (unpaired) electrons. The van der Waals surface area contributed by atoms with Crippen LogP contribution in [0.2, 0.25) is 0 Å². The Bertz CT molecular complexity index is 275. The maximum atomic E-state index is 10.5. The van der Waals surface area contributed by atoms with Gasteiger partial charge in [0.15, 0.2) is 5.69 Å².